The van der Waals surface area contributed by atoms with Crippen LogP contribution in [0.1, 0.15) is 40.3 Å². The monoisotopic (exact) mass is 376 g/mol. The first-order valence-electron chi connectivity index (χ1n) is 8.91. The third-order valence-corrected chi connectivity index (χ3v) is 5.02. The maximum absolute atomic E-state index is 13.2. The van der Waals surface area contributed by atoms with Crippen molar-refractivity contribution in [2.24, 2.45) is 0 Å². The molecule has 7 heteroatoms. The maximum Gasteiger partial charge on any atom is 0.337 e. The Kier molecular flexibility index (Phi) is 4.22. The number of H-pyrrole nitrogens is 1. The number of pyridine rings is 1. The van der Waals surface area contributed by atoms with Crippen molar-refractivity contribution in [2.45, 2.75) is 19.3 Å². The number of amides is 1. The van der Waals surface area contributed by atoms with Gasteiger partial charge in [0.2, 0.25) is 0 Å². The van der Waals surface area contributed by atoms with Gasteiger partial charge >= 0.3 is 5.97 Å². The summed E-state index contributed by atoms with van der Waals surface area (Å²) in [4.78, 5) is 30.8. The standard InChI is InChI=1S/C21H20N4O3/c1-21(2)12-25(18-5-4-14(10-15(18)21)20(27)28-3)19(26)17-11-16(23-24-17)13-6-8-22-9-7-13/h4-11H,12H2,1-3H3,(H,23,24). The van der Waals surface area contributed by atoms with Crippen LogP contribution in [0.25, 0.3) is 11.3 Å². The van der Waals surface area contributed by atoms with Crippen LogP contribution in [0.4, 0.5) is 5.69 Å². The van der Waals surface area contributed by atoms with Crippen molar-refractivity contribution in [2.75, 3.05) is 18.6 Å². The molecule has 1 N–H and O–H groups in total. The minimum absolute atomic E-state index is 0.162. The number of hydrogen-bond donors (Lipinski definition) is 1. The molecule has 4 rings (SSSR count). The molecule has 0 spiro atoms. The van der Waals surface area contributed by atoms with Crippen molar-refractivity contribution in [1.29, 1.82) is 0 Å². The fraction of sp³-hybridized carbons (Fsp3) is 0.238. The van der Waals surface area contributed by atoms with Crippen LogP contribution in [0, 0.1) is 0 Å². The summed E-state index contributed by atoms with van der Waals surface area (Å²) in [6, 6.07) is 10.7. The molecule has 142 valence electrons. The number of methoxy groups -OCH3 is 1. The molecule has 0 saturated heterocycles. The third kappa shape index (κ3) is 2.94. The number of aromatic amines is 1. The average Bonchev–Trinajstić information content (AvgIpc) is 3.30. The SMILES string of the molecule is COC(=O)c1ccc2c(c1)C(C)(C)CN2C(=O)c1cc(-c2ccncc2)n[nH]1. The molecular formula is C21H20N4O3. The number of fused-ring (bicyclic) bond motifs is 1. The number of carbonyl (C=O) groups excluding carboxylic acids is 2. The number of nitrogens with zero attached hydrogens (tertiary/aromatic N) is 3. The molecule has 0 unspecified atom stereocenters. The van der Waals surface area contributed by atoms with Gasteiger partial charge < -0.3 is 9.64 Å². The highest BCUT2D eigenvalue weighted by Gasteiger charge is 2.39. The molecule has 0 radical (unpaired) electrons. The average molecular weight is 376 g/mol. The second kappa shape index (κ2) is 6.60. The lowest BCUT2D eigenvalue weighted by Gasteiger charge is -2.20. The van der Waals surface area contributed by atoms with Gasteiger partial charge in [0.15, 0.2) is 0 Å². The van der Waals surface area contributed by atoms with Crippen molar-refractivity contribution in [3.8, 4) is 11.3 Å². The predicted octanol–water partition coefficient (Wildman–Crippen LogP) is 3.20. The van der Waals surface area contributed by atoms with Gasteiger partial charge in [0.05, 0.1) is 18.4 Å². The molecule has 7 nitrogen and oxygen atoms in total. The van der Waals surface area contributed by atoms with Gasteiger partial charge in [-0.15, -0.1) is 0 Å². The molecular weight excluding hydrogens is 356 g/mol. The zero-order valence-electron chi connectivity index (χ0n) is 15.9. The number of esters is 1. The Morgan fingerprint density at radius 3 is 2.61 bits per heavy atom. The summed E-state index contributed by atoms with van der Waals surface area (Å²) < 4.78 is 4.82. The van der Waals surface area contributed by atoms with Crippen LogP contribution in [0.15, 0.2) is 48.8 Å². The van der Waals surface area contributed by atoms with Crippen molar-refractivity contribution >= 4 is 17.6 Å². The van der Waals surface area contributed by atoms with Crippen LogP contribution in [0.3, 0.4) is 0 Å². The number of rotatable bonds is 3. The number of nitrogens with one attached hydrogen (secondary N) is 1. The van der Waals surface area contributed by atoms with Crippen molar-refractivity contribution < 1.29 is 14.3 Å². The van der Waals surface area contributed by atoms with E-state index in [4.69, 9.17) is 4.74 Å². The Morgan fingerprint density at radius 2 is 1.89 bits per heavy atom. The van der Waals surface area contributed by atoms with E-state index in [1.807, 2.05) is 18.2 Å². The number of ether oxygens (including phenoxy) is 1. The van der Waals surface area contributed by atoms with Gasteiger partial charge in [-0.1, -0.05) is 13.8 Å². The zero-order valence-corrected chi connectivity index (χ0v) is 15.9. The largest absolute Gasteiger partial charge is 0.465 e. The van der Waals surface area contributed by atoms with Gasteiger partial charge in [0.25, 0.3) is 5.91 Å². The van der Waals surface area contributed by atoms with Crippen LogP contribution >= 0.6 is 0 Å². The molecule has 0 atom stereocenters. The van der Waals surface area contributed by atoms with Crippen LogP contribution in [0.2, 0.25) is 0 Å². The highest BCUT2D eigenvalue weighted by Crippen LogP contribution is 2.41. The van der Waals surface area contributed by atoms with E-state index >= 15 is 0 Å². The first kappa shape index (κ1) is 17.9. The van der Waals surface area contributed by atoms with Crippen molar-refractivity contribution in [1.82, 2.24) is 15.2 Å². The summed E-state index contributed by atoms with van der Waals surface area (Å²) in [5, 5.41) is 7.10. The molecule has 3 aromatic rings. The van der Waals surface area contributed by atoms with Gasteiger partial charge in [-0.2, -0.15) is 5.10 Å². The summed E-state index contributed by atoms with van der Waals surface area (Å²) in [6.45, 7) is 4.61. The second-order valence-corrected chi connectivity index (χ2v) is 7.40. The smallest absolute Gasteiger partial charge is 0.337 e. The molecule has 0 saturated carbocycles. The molecule has 1 amide bonds. The van der Waals surface area contributed by atoms with Crippen LogP contribution in [-0.2, 0) is 10.2 Å². The molecule has 1 aromatic carbocycles. The Morgan fingerprint density at radius 1 is 1.14 bits per heavy atom. The molecule has 0 bridgehead atoms. The minimum atomic E-state index is -0.390. The summed E-state index contributed by atoms with van der Waals surface area (Å²) in [5.74, 6) is -0.551. The predicted molar refractivity (Wildman–Crippen MR) is 104 cm³/mol. The quantitative estimate of drug-likeness (QED) is 0.709. The van der Waals surface area contributed by atoms with E-state index in [2.05, 4.69) is 29.0 Å². The summed E-state index contributed by atoms with van der Waals surface area (Å²) in [7, 11) is 1.36. The van der Waals surface area contributed by atoms with E-state index in [1.165, 1.54) is 7.11 Å². The van der Waals surface area contributed by atoms with Crippen LogP contribution < -0.4 is 4.90 Å². The summed E-state index contributed by atoms with van der Waals surface area (Å²) in [6.07, 6.45) is 3.37. The van der Waals surface area contributed by atoms with Gasteiger partial charge in [0, 0.05) is 35.6 Å². The summed E-state index contributed by atoms with van der Waals surface area (Å²) in [5.41, 5.74) is 3.90. The number of aromatic nitrogens is 3. The van der Waals surface area contributed by atoms with Gasteiger partial charge in [-0.05, 0) is 42.0 Å². The first-order chi connectivity index (χ1) is 13.4. The van der Waals surface area contributed by atoms with E-state index < -0.39 is 0 Å². The molecule has 1 aliphatic heterocycles. The van der Waals surface area contributed by atoms with Crippen LogP contribution in [0.5, 0.6) is 0 Å². The highest BCUT2D eigenvalue weighted by molar-refractivity contribution is 6.07. The summed E-state index contributed by atoms with van der Waals surface area (Å²) >= 11 is 0. The molecule has 0 aliphatic carbocycles. The first-order valence-corrected chi connectivity index (χ1v) is 8.91. The van der Waals surface area contributed by atoms with Gasteiger partial charge in [-0.3, -0.25) is 14.9 Å². The van der Waals surface area contributed by atoms with E-state index in [0.29, 0.717) is 23.5 Å². The van der Waals surface area contributed by atoms with E-state index in [1.54, 1.807) is 35.5 Å². The second-order valence-electron chi connectivity index (χ2n) is 7.40. The number of benzene rings is 1. The normalized spacial score (nSPS) is 14.6. The lowest BCUT2D eigenvalue weighted by Crippen LogP contribution is -2.34. The van der Waals surface area contributed by atoms with E-state index in [9.17, 15) is 9.59 Å². The fourth-order valence-electron chi connectivity index (χ4n) is 3.55. The molecule has 2 aromatic heterocycles. The third-order valence-electron chi connectivity index (χ3n) is 5.02. The van der Waals surface area contributed by atoms with Gasteiger partial charge in [0.1, 0.15) is 5.69 Å². The maximum atomic E-state index is 13.2. The number of carbonyl (C=O) groups is 2. The fourth-order valence-corrected chi connectivity index (χ4v) is 3.55. The lowest BCUT2D eigenvalue weighted by molar-refractivity contribution is 0.0600. The minimum Gasteiger partial charge on any atom is -0.465 e. The zero-order chi connectivity index (χ0) is 19.9. The Labute approximate surface area is 162 Å². The van der Waals surface area contributed by atoms with Gasteiger partial charge in [-0.25, -0.2) is 4.79 Å². The highest BCUT2D eigenvalue weighted by atomic mass is 16.5. The lowest BCUT2D eigenvalue weighted by atomic mass is 9.86. The van der Waals surface area contributed by atoms with Crippen molar-refractivity contribution in [3.63, 3.8) is 0 Å². The topological polar surface area (TPSA) is 88.2 Å². The molecule has 1 aliphatic rings. The van der Waals surface area contributed by atoms with Crippen LogP contribution in [-0.4, -0.2) is 40.7 Å². The molecule has 3 heterocycles. The number of hydrogen-bond acceptors (Lipinski definition) is 5. The Bertz CT molecular complexity index is 1060. The molecule has 0 fully saturated rings. The van der Waals surface area contributed by atoms with E-state index in [-0.39, 0.29) is 17.3 Å². The Hall–Kier alpha value is -3.48. The van der Waals surface area contributed by atoms with Crippen molar-refractivity contribution in [3.05, 3.63) is 65.6 Å². The number of anilines is 1. The molecule has 28 heavy (non-hydrogen) atoms. The Balaban J connectivity index is 1.67. The van der Waals surface area contributed by atoms with E-state index in [0.717, 1.165) is 16.8 Å².